The normalized spacial score (nSPS) is 18.1. The van der Waals surface area contributed by atoms with Crippen LogP contribution in [0.15, 0.2) is 34.6 Å². The van der Waals surface area contributed by atoms with E-state index in [1.165, 1.54) is 23.1 Å². The molecule has 1 saturated heterocycles. The van der Waals surface area contributed by atoms with Crippen LogP contribution in [0.5, 0.6) is 0 Å². The van der Waals surface area contributed by atoms with Crippen LogP contribution >= 0.6 is 46.9 Å². The Morgan fingerprint density at radius 1 is 1.22 bits per heavy atom. The fraction of sp³-hybridized carbons (Fsp3) is 0.211. The van der Waals surface area contributed by atoms with E-state index in [9.17, 15) is 9.59 Å². The molecule has 1 N–H and O–H groups in total. The first kappa shape index (κ1) is 18.7. The second-order valence-electron chi connectivity index (χ2n) is 6.27. The molecule has 0 atom stereocenters. The van der Waals surface area contributed by atoms with Crippen LogP contribution in [0.1, 0.15) is 39.2 Å². The summed E-state index contributed by atoms with van der Waals surface area (Å²) in [6.07, 6.45) is 5.94. The van der Waals surface area contributed by atoms with Crippen LogP contribution in [0.3, 0.4) is 0 Å². The number of nitrogens with zero attached hydrogens (tertiary/aromatic N) is 1. The largest absolute Gasteiger partial charge is 0.285 e. The van der Waals surface area contributed by atoms with Gasteiger partial charge >= 0.3 is 0 Å². The zero-order valence-corrected chi connectivity index (χ0v) is 17.4. The number of amides is 2. The molecule has 2 aromatic rings. The highest BCUT2D eigenvalue weighted by atomic mass is 35.5. The van der Waals surface area contributed by atoms with E-state index in [1.807, 2.05) is 17.5 Å². The minimum atomic E-state index is -0.322. The topological polar surface area (TPSA) is 49.4 Å². The Labute approximate surface area is 175 Å². The van der Waals surface area contributed by atoms with E-state index in [0.29, 0.717) is 19.8 Å². The SMILES string of the molecule is O=C(NN1C(=O)/C(=C/c2ccc(Cl)cc2)SC1=S)c1csc2c1CCCC2. The highest BCUT2D eigenvalue weighted by molar-refractivity contribution is 8.26. The third-order valence-corrected chi connectivity index (χ3v) is 7.12. The number of halogens is 1. The zero-order valence-electron chi connectivity index (χ0n) is 14.2. The van der Waals surface area contributed by atoms with E-state index in [-0.39, 0.29) is 11.8 Å². The molecule has 0 saturated carbocycles. The Bertz CT molecular complexity index is 966. The number of hydrazine groups is 1. The highest BCUT2D eigenvalue weighted by Gasteiger charge is 2.34. The van der Waals surface area contributed by atoms with Gasteiger partial charge in [0.1, 0.15) is 0 Å². The molecular formula is C19H15ClN2O2S3. The molecular weight excluding hydrogens is 420 g/mol. The van der Waals surface area contributed by atoms with Gasteiger partial charge in [-0.05, 0) is 67.2 Å². The van der Waals surface area contributed by atoms with Crippen molar-refractivity contribution in [3.8, 4) is 0 Å². The number of carbonyl (C=O) groups is 2. The number of benzene rings is 1. The predicted octanol–water partition coefficient (Wildman–Crippen LogP) is 4.83. The number of thiocarbonyl (C=S) groups is 1. The Balaban J connectivity index is 1.52. The zero-order chi connectivity index (χ0) is 19.0. The number of thiophene rings is 1. The van der Waals surface area contributed by atoms with E-state index in [0.717, 1.165) is 35.4 Å². The van der Waals surface area contributed by atoms with E-state index < -0.39 is 0 Å². The maximum absolute atomic E-state index is 12.7. The number of nitrogens with one attached hydrogen (secondary N) is 1. The molecule has 138 valence electrons. The number of rotatable bonds is 3. The molecule has 1 aliphatic carbocycles. The third kappa shape index (κ3) is 3.82. The van der Waals surface area contributed by atoms with Crippen LogP contribution in [0.4, 0.5) is 0 Å². The van der Waals surface area contributed by atoms with Gasteiger partial charge in [0.25, 0.3) is 11.8 Å². The number of hydrogen-bond acceptors (Lipinski definition) is 5. The van der Waals surface area contributed by atoms with Gasteiger partial charge in [-0.1, -0.05) is 35.5 Å². The van der Waals surface area contributed by atoms with Crippen molar-refractivity contribution in [2.45, 2.75) is 25.7 Å². The van der Waals surface area contributed by atoms with E-state index in [1.54, 1.807) is 29.5 Å². The molecule has 8 heteroatoms. The summed E-state index contributed by atoms with van der Waals surface area (Å²) in [7, 11) is 0. The summed E-state index contributed by atoms with van der Waals surface area (Å²) in [5.41, 5.74) is 5.30. The van der Waals surface area contributed by atoms with E-state index in [2.05, 4.69) is 5.43 Å². The minimum Gasteiger partial charge on any atom is -0.267 e. The lowest BCUT2D eigenvalue weighted by Gasteiger charge is -2.17. The molecule has 0 spiro atoms. The number of carbonyl (C=O) groups excluding carboxylic acids is 2. The molecule has 27 heavy (non-hydrogen) atoms. The average Bonchev–Trinajstić information content (AvgIpc) is 3.20. The molecule has 2 heterocycles. The predicted molar refractivity (Wildman–Crippen MR) is 115 cm³/mol. The molecule has 0 bridgehead atoms. The summed E-state index contributed by atoms with van der Waals surface area (Å²) in [5, 5.41) is 3.68. The quantitative estimate of drug-likeness (QED) is 0.555. The first-order valence-corrected chi connectivity index (χ1v) is 10.9. The van der Waals surface area contributed by atoms with Gasteiger partial charge in [-0.2, -0.15) is 5.01 Å². The molecule has 4 rings (SSSR count). The first-order chi connectivity index (χ1) is 13.0. The summed E-state index contributed by atoms with van der Waals surface area (Å²) in [6, 6.07) is 7.17. The summed E-state index contributed by atoms with van der Waals surface area (Å²) < 4.78 is 0.317. The Morgan fingerprint density at radius 2 is 1.96 bits per heavy atom. The van der Waals surface area contributed by atoms with Gasteiger partial charge in [0.15, 0.2) is 4.32 Å². The second-order valence-corrected chi connectivity index (χ2v) is 9.34. The van der Waals surface area contributed by atoms with Crippen molar-refractivity contribution in [2.75, 3.05) is 0 Å². The smallest absolute Gasteiger partial charge is 0.267 e. The molecule has 1 aromatic heterocycles. The van der Waals surface area contributed by atoms with Gasteiger partial charge in [0.2, 0.25) is 0 Å². The monoisotopic (exact) mass is 434 g/mol. The third-order valence-electron chi connectivity index (χ3n) is 4.48. The van der Waals surface area contributed by atoms with Gasteiger partial charge in [-0.3, -0.25) is 15.0 Å². The van der Waals surface area contributed by atoms with Gasteiger partial charge in [0.05, 0.1) is 10.5 Å². The lowest BCUT2D eigenvalue weighted by molar-refractivity contribution is -0.123. The van der Waals surface area contributed by atoms with Crippen molar-refractivity contribution in [2.24, 2.45) is 0 Å². The molecule has 1 aromatic carbocycles. The van der Waals surface area contributed by atoms with E-state index in [4.69, 9.17) is 23.8 Å². The van der Waals surface area contributed by atoms with Crippen molar-refractivity contribution in [1.29, 1.82) is 0 Å². The molecule has 0 radical (unpaired) electrons. The lowest BCUT2D eigenvalue weighted by atomic mass is 9.96. The van der Waals surface area contributed by atoms with E-state index >= 15 is 0 Å². The number of hydrogen-bond donors (Lipinski definition) is 1. The van der Waals surface area contributed by atoms with Crippen molar-refractivity contribution in [3.63, 3.8) is 0 Å². The fourth-order valence-corrected chi connectivity index (χ4v) is 5.55. The van der Waals surface area contributed by atoms with Crippen LogP contribution < -0.4 is 5.43 Å². The van der Waals surface area contributed by atoms with Crippen LogP contribution in [0.2, 0.25) is 5.02 Å². The maximum atomic E-state index is 12.7. The molecule has 1 fully saturated rings. The Kier molecular flexibility index (Phi) is 5.36. The average molecular weight is 435 g/mol. The molecule has 1 aliphatic heterocycles. The summed E-state index contributed by atoms with van der Waals surface area (Å²) in [4.78, 5) is 27.2. The minimum absolute atomic E-state index is 0.279. The standard InChI is InChI=1S/C19H15ClN2O2S3/c20-12-7-5-11(6-8-12)9-16-18(24)22(19(25)27-16)21-17(23)14-10-26-15-4-2-1-3-13(14)15/h5-10H,1-4H2,(H,21,23)/b16-9-. The van der Waals surface area contributed by atoms with Crippen LogP contribution in [-0.2, 0) is 17.6 Å². The number of fused-ring (bicyclic) bond motifs is 1. The molecule has 4 nitrogen and oxygen atoms in total. The summed E-state index contributed by atoms with van der Waals surface area (Å²) in [6.45, 7) is 0. The van der Waals surface area contributed by atoms with Crippen molar-refractivity contribution in [1.82, 2.24) is 10.4 Å². The maximum Gasteiger partial charge on any atom is 0.285 e. The van der Waals surface area contributed by atoms with Gasteiger partial charge in [0, 0.05) is 15.3 Å². The van der Waals surface area contributed by atoms with Crippen molar-refractivity contribution in [3.05, 3.63) is 61.1 Å². The molecule has 2 amide bonds. The van der Waals surface area contributed by atoms with Crippen LogP contribution in [-0.4, -0.2) is 21.1 Å². The number of thioether (sulfide) groups is 1. The molecule has 0 unspecified atom stereocenters. The van der Waals surface area contributed by atoms with Gasteiger partial charge in [-0.25, -0.2) is 0 Å². The highest BCUT2D eigenvalue weighted by Crippen LogP contribution is 2.33. The van der Waals surface area contributed by atoms with Crippen molar-refractivity contribution < 1.29 is 9.59 Å². The lowest BCUT2D eigenvalue weighted by Crippen LogP contribution is -2.45. The fourth-order valence-electron chi connectivity index (χ4n) is 3.12. The second kappa shape index (κ2) is 7.75. The van der Waals surface area contributed by atoms with Crippen LogP contribution in [0, 0.1) is 0 Å². The first-order valence-electron chi connectivity index (χ1n) is 8.46. The summed E-state index contributed by atoms with van der Waals surface area (Å²) in [5.74, 6) is -0.601. The number of aryl methyl sites for hydroxylation is 1. The van der Waals surface area contributed by atoms with Gasteiger partial charge in [-0.15, -0.1) is 11.3 Å². The Morgan fingerprint density at radius 3 is 2.74 bits per heavy atom. The Hall–Kier alpha value is -1.67. The van der Waals surface area contributed by atoms with Crippen LogP contribution in [0.25, 0.3) is 6.08 Å². The molecule has 2 aliphatic rings. The van der Waals surface area contributed by atoms with Gasteiger partial charge < -0.3 is 0 Å². The summed E-state index contributed by atoms with van der Waals surface area (Å²) >= 11 is 14.0. The van der Waals surface area contributed by atoms with Crippen molar-refractivity contribution >= 4 is 69.1 Å².